The van der Waals surface area contributed by atoms with Gasteiger partial charge in [0.2, 0.25) is 0 Å². The van der Waals surface area contributed by atoms with Crippen molar-refractivity contribution >= 4 is 12.1 Å². The van der Waals surface area contributed by atoms with E-state index in [1.165, 1.54) is 5.56 Å². The van der Waals surface area contributed by atoms with Crippen LogP contribution in [0.4, 0.5) is 0 Å². The van der Waals surface area contributed by atoms with Gasteiger partial charge in [0, 0.05) is 37.8 Å². The molecule has 0 bridgehead atoms. The molecule has 0 unspecified atom stereocenters. The van der Waals surface area contributed by atoms with Crippen LogP contribution in [0.25, 0.3) is 11.4 Å². The third kappa shape index (κ3) is 3.87. The Labute approximate surface area is 169 Å². The van der Waals surface area contributed by atoms with Gasteiger partial charge in [-0.05, 0) is 47.9 Å². The van der Waals surface area contributed by atoms with Gasteiger partial charge in [-0.3, -0.25) is 9.79 Å². The molecule has 29 heavy (non-hydrogen) atoms. The van der Waals surface area contributed by atoms with Gasteiger partial charge in [-0.2, -0.15) is 0 Å². The van der Waals surface area contributed by atoms with Crippen molar-refractivity contribution in [2.24, 2.45) is 4.99 Å². The molecule has 1 aromatic heterocycles. The Morgan fingerprint density at radius 3 is 2.76 bits per heavy atom. The third-order valence-corrected chi connectivity index (χ3v) is 4.88. The maximum absolute atomic E-state index is 13.1. The number of rotatable bonds is 6. The van der Waals surface area contributed by atoms with Crippen molar-refractivity contribution in [1.29, 1.82) is 0 Å². The molecule has 1 amide bonds. The van der Waals surface area contributed by atoms with E-state index in [9.17, 15) is 4.79 Å². The van der Waals surface area contributed by atoms with Gasteiger partial charge < -0.3 is 9.64 Å². The molecule has 146 valence electrons. The van der Waals surface area contributed by atoms with Crippen LogP contribution in [-0.2, 0) is 13.1 Å². The Hall–Kier alpha value is -3.54. The fourth-order valence-corrected chi connectivity index (χ4v) is 3.45. The highest BCUT2D eigenvalue weighted by Gasteiger charge is 2.19. The number of fused-ring (bicyclic) bond motifs is 1. The molecule has 0 spiro atoms. The molecular formula is C23H22N4O2. The first-order valence-electron chi connectivity index (χ1n) is 9.57. The standard InChI is InChI=1S/C23H22N4O2/c1-3-29-21-12-16(8-9-19(21)22-25-10-5-11-26-22)23(28)27(2)15-18-7-4-6-17-13-24-14-20(17)18/h4-13H,3,14-15H2,1-2H3. The van der Waals surface area contributed by atoms with Gasteiger partial charge in [0.1, 0.15) is 5.75 Å². The molecule has 1 aliphatic heterocycles. The number of carbonyl (C=O) groups is 1. The summed E-state index contributed by atoms with van der Waals surface area (Å²) in [5.74, 6) is 1.11. The minimum absolute atomic E-state index is 0.0667. The van der Waals surface area contributed by atoms with Crippen molar-refractivity contribution in [2.45, 2.75) is 20.0 Å². The summed E-state index contributed by atoms with van der Waals surface area (Å²) in [5.41, 5.74) is 4.78. The van der Waals surface area contributed by atoms with Crippen LogP contribution >= 0.6 is 0 Å². The molecule has 3 aromatic rings. The van der Waals surface area contributed by atoms with Crippen molar-refractivity contribution < 1.29 is 9.53 Å². The maximum Gasteiger partial charge on any atom is 0.254 e. The highest BCUT2D eigenvalue weighted by Crippen LogP contribution is 2.29. The first-order chi connectivity index (χ1) is 14.2. The lowest BCUT2D eigenvalue weighted by Gasteiger charge is -2.20. The zero-order valence-corrected chi connectivity index (χ0v) is 16.5. The lowest BCUT2D eigenvalue weighted by Crippen LogP contribution is -2.26. The van der Waals surface area contributed by atoms with E-state index in [1.54, 1.807) is 35.5 Å². The van der Waals surface area contributed by atoms with E-state index in [0.29, 0.717) is 36.8 Å². The van der Waals surface area contributed by atoms with E-state index in [0.717, 1.165) is 16.7 Å². The van der Waals surface area contributed by atoms with Gasteiger partial charge in [-0.1, -0.05) is 18.2 Å². The second kappa shape index (κ2) is 8.22. The number of hydrogen-bond donors (Lipinski definition) is 0. The largest absolute Gasteiger partial charge is 0.493 e. The Kier molecular flexibility index (Phi) is 5.33. The number of ether oxygens (including phenoxy) is 1. The van der Waals surface area contributed by atoms with E-state index in [-0.39, 0.29) is 5.91 Å². The van der Waals surface area contributed by atoms with Crippen LogP contribution in [0.15, 0.2) is 59.9 Å². The molecule has 0 atom stereocenters. The van der Waals surface area contributed by atoms with Crippen molar-refractivity contribution in [2.75, 3.05) is 13.7 Å². The van der Waals surface area contributed by atoms with Crippen LogP contribution in [0.3, 0.4) is 0 Å². The summed E-state index contributed by atoms with van der Waals surface area (Å²) < 4.78 is 5.77. The molecule has 0 saturated carbocycles. The van der Waals surface area contributed by atoms with Crippen molar-refractivity contribution in [3.8, 4) is 17.1 Å². The third-order valence-electron chi connectivity index (χ3n) is 4.88. The van der Waals surface area contributed by atoms with Crippen LogP contribution in [-0.4, -0.2) is 40.6 Å². The van der Waals surface area contributed by atoms with Crippen LogP contribution in [0.2, 0.25) is 0 Å². The summed E-state index contributed by atoms with van der Waals surface area (Å²) in [5, 5.41) is 0. The summed E-state index contributed by atoms with van der Waals surface area (Å²) in [6.45, 7) is 3.60. The van der Waals surface area contributed by atoms with E-state index < -0.39 is 0 Å². The summed E-state index contributed by atoms with van der Waals surface area (Å²) >= 11 is 0. The molecule has 6 nitrogen and oxygen atoms in total. The molecule has 0 fully saturated rings. The van der Waals surface area contributed by atoms with E-state index in [2.05, 4.69) is 27.1 Å². The lowest BCUT2D eigenvalue weighted by molar-refractivity contribution is 0.0784. The van der Waals surface area contributed by atoms with Crippen LogP contribution in [0.1, 0.15) is 34.0 Å². The monoisotopic (exact) mass is 386 g/mol. The van der Waals surface area contributed by atoms with E-state index >= 15 is 0 Å². The Balaban J connectivity index is 1.58. The van der Waals surface area contributed by atoms with Crippen molar-refractivity contribution in [3.05, 3.63) is 77.1 Å². The molecule has 0 N–H and O–H groups in total. The van der Waals surface area contributed by atoms with Gasteiger partial charge in [0.05, 0.1) is 18.7 Å². The number of aromatic nitrogens is 2. The maximum atomic E-state index is 13.1. The minimum Gasteiger partial charge on any atom is -0.493 e. The van der Waals surface area contributed by atoms with Gasteiger partial charge in [0.15, 0.2) is 5.82 Å². The zero-order valence-electron chi connectivity index (χ0n) is 16.5. The summed E-state index contributed by atoms with van der Waals surface area (Å²) in [6, 6.07) is 13.3. The average Bonchev–Trinajstić information content (AvgIpc) is 3.24. The normalized spacial score (nSPS) is 11.9. The molecule has 1 aliphatic rings. The molecule has 0 radical (unpaired) electrons. The van der Waals surface area contributed by atoms with Crippen molar-refractivity contribution in [1.82, 2.24) is 14.9 Å². The molecule has 0 saturated heterocycles. The van der Waals surface area contributed by atoms with Gasteiger partial charge >= 0.3 is 0 Å². The number of amides is 1. The Morgan fingerprint density at radius 1 is 1.14 bits per heavy atom. The van der Waals surface area contributed by atoms with E-state index in [1.807, 2.05) is 32.3 Å². The van der Waals surface area contributed by atoms with Crippen LogP contribution in [0, 0.1) is 0 Å². The summed E-state index contributed by atoms with van der Waals surface area (Å²) in [6.07, 6.45) is 5.26. The molecular weight excluding hydrogens is 364 g/mol. The number of hydrogen-bond acceptors (Lipinski definition) is 5. The lowest BCUT2D eigenvalue weighted by atomic mass is 10.0. The summed E-state index contributed by atoms with van der Waals surface area (Å²) in [4.78, 5) is 27.7. The zero-order chi connectivity index (χ0) is 20.2. The fourth-order valence-electron chi connectivity index (χ4n) is 3.45. The highest BCUT2D eigenvalue weighted by molar-refractivity contribution is 5.95. The second-order valence-electron chi connectivity index (χ2n) is 6.83. The molecule has 0 aliphatic carbocycles. The predicted molar refractivity (Wildman–Crippen MR) is 112 cm³/mol. The van der Waals surface area contributed by atoms with Crippen molar-refractivity contribution in [3.63, 3.8) is 0 Å². The number of carbonyl (C=O) groups excluding carboxylic acids is 1. The molecule has 2 heterocycles. The number of aliphatic imine (C=N–C) groups is 1. The van der Waals surface area contributed by atoms with E-state index in [4.69, 9.17) is 4.74 Å². The summed E-state index contributed by atoms with van der Waals surface area (Å²) in [7, 11) is 1.81. The molecule has 4 rings (SSSR count). The predicted octanol–water partition coefficient (Wildman–Crippen LogP) is 3.75. The van der Waals surface area contributed by atoms with Gasteiger partial charge in [-0.25, -0.2) is 9.97 Å². The van der Waals surface area contributed by atoms with Crippen LogP contribution < -0.4 is 4.74 Å². The first-order valence-corrected chi connectivity index (χ1v) is 9.57. The molecule has 6 heteroatoms. The quantitative estimate of drug-likeness (QED) is 0.647. The topological polar surface area (TPSA) is 67.7 Å². The SMILES string of the molecule is CCOc1cc(C(=O)N(C)Cc2cccc3c2CN=C3)ccc1-c1ncccn1. The number of benzene rings is 2. The number of nitrogens with zero attached hydrogens (tertiary/aromatic N) is 4. The Morgan fingerprint density at radius 2 is 1.97 bits per heavy atom. The second-order valence-corrected chi connectivity index (χ2v) is 6.83. The van der Waals surface area contributed by atoms with Crippen LogP contribution in [0.5, 0.6) is 5.75 Å². The minimum atomic E-state index is -0.0667. The highest BCUT2D eigenvalue weighted by atomic mass is 16.5. The molecule has 2 aromatic carbocycles. The first kappa shape index (κ1) is 18.8. The van der Waals surface area contributed by atoms with Gasteiger partial charge in [-0.15, -0.1) is 0 Å². The Bertz CT molecular complexity index is 1060. The smallest absolute Gasteiger partial charge is 0.254 e. The van der Waals surface area contributed by atoms with Gasteiger partial charge in [0.25, 0.3) is 5.91 Å². The average molecular weight is 386 g/mol. The fraction of sp³-hybridized carbons (Fsp3) is 0.217.